The number of carbonyl (C=O) groups excluding carboxylic acids is 1. The third kappa shape index (κ3) is 6.06. The van der Waals surface area contributed by atoms with Crippen molar-refractivity contribution in [2.75, 3.05) is 33.2 Å². The maximum atomic E-state index is 12.4. The smallest absolute Gasteiger partial charge is 0.315 e. The zero-order valence-corrected chi connectivity index (χ0v) is 17.8. The van der Waals surface area contributed by atoms with Gasteiger partial charge in [-0.05, 0) is 62.1 Å². The zero-order valence-electron chi connectivity index (χ0n) is 17.0. The zero-order chi connectivity index (χ0) is 19.8. The van der Waals surface area contributed by atoms with Crippen LogP contribution in [0.5, 0.6) is 0 Å². The molecule has 0 radical (unpaired) electrons. The van der Waals surface area contributed by atoms with E-state index in [2.05, 4.69) is 76.2 Å². The molecule has 2 heterocycles. The van der Waals surface area contributed by atoms with Crippen LogP contribution in [0.25, 0.3) is 0 Å². The van der Waals surface area contributed by atoms with E-state index in [1.54, 1.807) is 11.3 Å². The molecule has 1 aromatic carbocycles. The normalized spacial score (nSPS) is 15.7. The van der Waals surface area contributed by atoms with Gasteiger partial charge in [0.1, 0.15) is 0 Å². The summed E-state index contributed by atoms with van der Waals surface area (Å²) in [7, 11) is 2.11. The molecule has 1 aliphatic rings. The van der Waals surface area contributed by atoms with Crippen molar-refractivity contribution in [3.8, 4) is 0 Å². The van der Waals surface area contributed by atoms with E-state index in [9.17, 15) is 4.79 Å². The summed E-state index contributed by atoms with van der Waals surface area (Å²) in [6, 6.07) is 12.9. The van der Waals surface area contributed by atoms with Gasteiger partial charge in [-0.1, -0.05) is 37.3 Å². The average Bonchev–Trinajstić information content (AvgIpc) is 3.41. The summed E-state index contributed by atoms with van der Waals surface area (Å²) in [6.45, 7) is 7.52. The SMILES string of the molecule is CCN(C)Cc1cccc(CNC(=O)NCC(c2cccs2)N2CCCC2)c1. The predicted molar refractivity (Wildman–Crippen MR) is 117 cm³/mol. The molecule has 2 amide bonds. The van der Waals surface area contributed by atoms with Gasteiger partial charge in [0.05, 0.1) is 6.04 Å². The number of hydrogen-bond donors (Lipinski definition) is 2. The lowest BCUT2D eigenvalue weighted by atomic mass is 10.1. The molecule has 0 bridgehead atoms. The van der Waals surface area contributed by atoms with Crippen LogP contribution in [0.15, 0.2) is 41.8 Å². The minimum absolute atomic E-state index is 0.100. The number of nitrogens with one attached hydrogen (secondary N) is 2. The van der Waals surface area contributed by atoms with E-state index in [1.807, 2.05) is 0 Å². The summed E-state index contributed by atoms with van der Waals surface area (Å²) >= 11 is 1.77. The van der Waals surface area contributed by atoms with Gasteiger partial charge in [0.2, 0.25) is 0 Å². The van der Waals surface area contributed by atoms with Gasteiger partial charge in [0.15, 0.2) is 0 Å². The van der Waals surface area contributed by atoms with Crippen LogP contribution < -0.4 is 10.6 Å². The number of rotatable bonds is 9. The first-order valence-electron chi connectivity index (χ1n) is 10.2. The second kappa shape index (κ2) is 10.6. The Morgan fingerprint density at radius 3 is 2.68 bits per heavy atom. The summed E-state index contributed by atoms with van der Waals surface area (Å²) in [5, 5.41) is 8.20. The quantitative estimate of drug-likeness (QED) is 0.672. The van der Waals surface area contributed by atoms with Gasteiger partial charge in [-0.15, -0.1) is 11.3 Å². The van der Waals surface area contributed by atoms with E-state index >= 15 is 0 Å². The number of amides is 2. The van der Waals surface area contributed by atoms with E-state index in [0.717, 1.165) is 31.7 Å². The highest BCUT2D eigenvalue weighted by Crippen LogP contribution is 2.27. The fraction of sp³-hybridized carbons (Fsp3) is 0.500. The first kappa shape index (κ1) is 20.8. The highest BCUT2D eigenvalue weighted by Gasteiger charge is 2.24. The van der Waals surface area contributed by atoms with Crippen molar-refractivity contribution < 1.29 is 4.79 Å². The number of carbonyl (C=O) groups is 1. The van der Waals surface area contributed by atoms with Crippen molar-refractivity contribution in [3.63, 3.8) is 0 Å². The molecule has 6 heteroatoms. The van der Waals surface area contributed by atoms with Crippen LogP contribution in [0.4, 0.5) is 4.79 Å². The van der Waals surface area contributed by atoms with Crippen LogP contribution in [0, 0.1) is 0 Å². The summed E-state index contributed by atoms with van der Waals surface area (Å²) in [5.41, 5.74) is 2.40. The van der Waals surface area contributed by atoms with Gasteiger partial charge in [0, 0.05) is 24.5 Å². The molecule has 1 fully saturated rings. The molecular formula is C22H32N4OS. The average molecular weight is 401 g/mol. The van der Waals surface area contributed by atoms with Crippen molar-refractivity contribution in [2.24, 2.45) is 0 Å². The molecule has 3 rings (SSSR count). The van der Waals surface area contributed by atoms with Crippen LogP contribution in [0.3, 0.4) is 0 Å². The Kier molecular flexibility index (Phi) is 7.89. The number of thiophene rings is 1. The molecular weight excluding hydrogens is 368 g/mol. The van der Waals surface area contributed by atoms with Crippen LogP contribution in [0.1, 0.15) is 41.8 Å². The highest BCUT2D eigenvalue weighted by molar-refractivity contribution is 7.10. The fourth-order valence-corrected chi connectivity index (χ4v) is 4.50. The molecule has 5 nitrogen and oxygen atoms in total. The van der Waals surface area contributed by atoms with Gasteiger partial charge in [-0.3, -0.25) is 4.90 Å². The summed E-state index contributed by atoms with van der Waals surface area (Å²) in [4.78, 5) is 18.4. The lowest BCUT2D eigenvalue weighted by Gasteiger charge is -2.27. The molecule has 2 aromatic rings. The van der Waals surface area contributed by atoms with E-state index in [4.69, 9.17) is 0 Å². The predicted octanol–water partition coefficient (Wildman–Crippen LogP) is 3.84. The first-order chi connectivity index (χ1) is 13.7. The van der Waals surface area contributed by atoms with Crippen LogP contribution >= 0.6 is 11.3 Å². The number of nitrogens with zero attached hydrogens (tertiary/aromatic N) is 2. The van der Waals surface area contributed by atoms with Gasteiger partial charge in [0.25, 0.3) is 0 Å². The Hall–Kier alpha value is -1.89. The Morgan fingerprint density at radius 1 is 1.18 bits per heavy atom. The first-order valence-corrected chi connectivity index (χ1v) is 11.1. The molecule has 0 aliphatic carbocycles. The lowest BCUT2D eigenvalue weighted by molar-refractivity contribution is 0.222. The Balaban J connectivity index is 1.49. The molecule has 28 heavy (non-hydrogen) atoms. The van der Waals surface area contributed by atoms with E-state index < -0.39 is 0 Å². The minimum Gasteiger partial charge on any atom is -0.336 e. The maximum absolute atomic E-state index is 12.4. The largest absolute Gasteiger partial charge is 0.336 e. The van der Waals surface area contributed by atoms with E-state index in [1.165, 1.54) is 23.3 Å². The molecule has 1 aliphatic heterocycles. The van der Waals surface area contributed by atoms with Gasteiger partial charge in [-0.25, -0.2) is 4.79 Å². The third-order valence-corrected chi connectivity index (χ3v) is 6.32. The standard InChI is InChI=1S/C22H32N4OS/c1-3-25(2)17-19-9-6-8-18(14-19)15-23-22(27)24-16-20(21-10-7-13-28-21)26-11-4-5-12-26/h6-10,13-14,20H,3-5,11-12,15-17H2,1-2H3,(H2,23,24,27). The van der Waals surface area contributed by atoms with Crippen LogP contribution in [-0.2, 0) is 13.1 Å². The maximum Gasteiger partial charge on any atom is 0.315 e. The lowest BCUT2D eigenvalue weighted by Crippen LogP contribution is -2.41. The van der Waals surface area contributed by atoms with E-state index in [0.29, 0.717) is 13.1 Å². The van der Waals surface area contributed by atoms with Gasteiger partial charge >= 0.3 is 6.03 Å². The number of likely N-dealkylation sites (tertiary alicyclic amines) is 1. The van der Waals surface area contributed by atoms with Crippen LogP contribution in [-0.4, -0.2) is 49.1 Å². The molecule has 1 saturated heterocycles. The topological polar surface area (TPSA) is 47.6 Å². The second-order valence-electron chi connectivity index (χ2n) is 7.49. The third-order valence-electron chi connectivity index (χ3n) is 5.35. The number of benzene rings is 1. The molecule has 0 spiro atoms. The number of hydrogen-bond acceptors (Lipinski definition) is 4. The molecule has 1 unspecified atom stereocenters. The molecule has 2 N–H and O–H groups in total. The fourth-order valence-electron chi connectivity index (χ4n) is 3.64. The van der Waals surface area contributed by atoms with Crippen molar-refractivity contribution >= 4 is 17.4 Å². The Morgan fingerprint density at radius 2 is 1.96 bits per heavy atom. The summed E-state index contributed by atoms with van der Waals surface area (Å²) < 4.78 is 0. The van der Waals surface area contributed by atoms with Crippen molar-refractivity contribution in [1.29, 1.82) is 0 Å². The Bertz CT molecular complexity index is 728. The van der Waals surface area contributed by atoms with Crippen LogP contribution in [0.2, 0.25) is 0 Å². The Labute approximate surface area is 172 Å². The molecule has 1 atom stereocenters. The summed E-state index contributed by atoms with van der Waals surface area (Å²) in [6.07, 6.45) is 2.50. The minimum atomic E-state index is -0.100. The monoisotopic (exact) mass is 400 g/mol. The van der Waals surface area contributed by atoms with Crippen molar-refractivity contribution in [1.82, 2.24) is 20.4 Å². The van der Waals surface area contributed by atoms with Gasteiger partial charge < -0.3 is 15.5 Å². The second-order valence-corrected chi connectivity index (χ2v) is 8.47. The van der Waals surface area contributed by atoms with Gasteiger partial charge in [-0.2, -0.15) is 0 Å². The molecule has 1 aromatic heterocycles. The summed E-state index contributed by atoms with van der Waals surface area (Å²) in [5.74, 6) is 0. The number of urea groups is 1. The van der Waals surface area contributed by atoms with Crippen molar-refractivity contribution in [3.05, 3.63) is 57.8 Å². The molecule has 0 saturated carbocycles. The van der Waals surface area contributed by atoms with Crippen molar-refractivity contribution in [2.45, 2.75) is 38.9 Å². The molecule has 152 valence electrons. The van der Waals surface area contributed by atoms with E-state index in [-0.39, 0.29) is 12.1 Å². The highest BCUT2D eigenvalue weighted by atomic mass is 32.1.